The van der Waals surface area contributed by atoms with Gasteiger partial charge in [-0.25, -0.2) is 4.98 Å². The third-order valence-electron chi connectivity index (χ3n) is 5.83. The van der Waals surface area contributed by atoms with Crippen molar-refractivity contribution in [1.29, 1.82) is 0 Å². The number of nitrogens with zero attached hydrogens (tertiary/aromatic N) is 3. The fourth-order valence-corrected chi connectivity index (χ4v) is 5.05. The van der Waals surface area contributed by atoms with Gasteiger partial charge in [-0.05, 0) is 65.9 Å². The Kier molecular flexibility index (Phi) is 4.94. The van der Waals surface area contributed by atoms with Gasteiger partial charge in [-0.1, -0.05) is 12.1 Å². The number of nitrogens with one attached hydrogen (secondary N) is 1. The predicted molar refractivity (Wildman–Crippen MR) is 116 cm³/mol. The summed E-state index contributed by atoms with van der Waals surface area (Å²) >= 11 is 1.67. The molecule has 5 nitrogen and oxygen atoms in total. The van der Waals surface area contributed by atoms with Gasteiger partial charge in [0.25, 0.3) is 0 Å². The molecule has 1 N–H and O–H groups in total. The van der Waals surface area contributed by atoms with Gasteiger partial charge in [0.05, 0.1) is 29.5 Å². The fourth-order valence-electron chi connectivity index (χ4n) is 4.34. The number of carbonyl (C=O) groups is 1. The molecule has 2 atom stereocenters. The number of benzene rings is 1. The van der Waals surface area contributed by atoms with Crippen molar-refractivity contribution in [3.63, 3.8) is 0 Å². The van der Waals surface area contributed by atoms with Crippen molar-refractivity contribution in [3.05, 3.63) is 77.0 Å². The van der Waals surface area contributed by atoms with Gasteiger partial charge in [0.2, 0.25) is 5.91 Å². The number of H-pyrrole nitrogens is 1. The van der Waals surface area contributed by atoms with Crippen LogP contribution in [0.5, 0.6) is 0 Å². The van der Waals surface area contributed by atoms with E-state index in [4.69, 9.17) is 4.98 Å². The molecule has 1 amide bonds. The molecule has 6 heteroatoms. The topological polar surface area (TPSA) is 53.9 Å². The van der Waals surface area contributed by atoms with Crippen LogP contribution in [0.3, 0.4) is 0 Å². The number of hydrogen-bond acceptors (Lipinski definition) is 3. The molecule has 0 radical (unpaired) electrons. The highest BCUT2D eigenvalue weighted by Crippen LogP contribution is 2.33. The lowest BCUT2D eigenvalue weighted by atomic mass is 9.99. The van der Waals surface area contributed by atoms with Crippen LogP contribution < -0.4 is 0 Å². The van der Waals surface area contributed by atoms with Crippen molar-refractivity contribution in [2.75, 3.05) is 6.54 Å². The first kappa shape index (κ1) is 18.2. The van der Waals surface area contributed by atoms with Gasteiger partial charge in [-0.2, -0.15) is 11.3 Å². The molecule has 5 rings (SSSR count). The maximum absolute atomic E-state index is 13.5. The van der Waals surface area contributed by atoms with E-state index in [9.17, 15) is 4.79 Å². The first-order chi connectivity index (χ1) is 14.3. The molecule has 0 bridgehead atoms. The average molecular weight is 405 g/mol. The Labute approximate surface area is 174 Å². The second-order valence-corrected chi connectivity index (χ2v) is 8.42. The van der Waals surface area contributed by atoms with Crippen molar-refractivity contribution in [2.45, 2.75) is 37.8 Å². The van der Waals surface area contributed by atoms with Crippen LogP contribution in [0.4, 0.5) is 0 Å². The van der Waals surface area contributed by atoms with Crippen LogP contribution in [-0.2, 0) is 4.79 Å². The van der Waals surface area contributed by atoms with Crippen LogP contribution >= 0.6 is 11.3 Å². The smallest absolute Gasteiger partial charge is 0.225 e. The number of aromatic amines is 1. The molecule has 1 aromatic carbocycles. The van der Waals surface area contributed by atoms with E-state index in [1.807, 2.05) is 53.7 Å². The maximum atomic E-state index is 13.5. The highest BCUT2D eigenvalue weighted by Gasteiger charge is 2.32. The molecule has 148 valence electrons. The molecule has 1 fully saturated rings. The lowest BCUT2D eigenvalue weighted by Crippen LogP contribution is -2.40. The van der Waals surface area contributed by atoms with E-state index in [1.165, 1.54) is 5.56 Å². The highest BCUT2D eigenvalue weighted by molar-refractivity contribution is 7.08. The van der Waals surface area contributed by atoms with Crippen molar-refractivity contribution in [2.24, 2.45) is 0 Å². The van der Waals surface area contributed by atoms with Crippen LogP contribution in [0.15, 0.2) is 65.6 Å². The summed E-state index contributed by atoms with van der Waals surface area (Å²) in [5.74, 6) is 1.10. The molecule has 4 aromatic rings. The normalized spacial score (nSPS) is 18.2. The average Bonchev–Trinajstić information content (AvgIpc) is 3.53. The Morgan fingerprint density at radius 1 is 1.17 bits per heavy atom. The summed E-state index contributed by atoms with van der Waals surface area (Å²) < 4.78 is 2.14. The first-order valence-corrected chi connectivity index (χ1v) is 11.1. The summed E-state index contributed by atoms with van der Waals surface area (Å²) in [5.41, 5.74) is 3.18. The fraction of sp³-hybridized carbons (Fsp3) is 0.304. The van der Waals surface area contributed by atoms with E-state index in [0.29, 0.717) is 6.42 Å². The Morgan fingerprint density at radius 3 is 2.83 bits per heavy atom. The van der Waals surface area contributed by atoms with Gasteiger partial charge in [0, 0.05) is 18.9 Å². The molecular formula is C23H24N4OS. The molecule has 0 spiro atoms. The van der Waals surface area contributed by atoms with Gasteiger partial charge >= 0.3 is 0 Å². The van der Waals surface area contributed by atoms with Gasteiger partial charge < -0.3 is 14.5 Å². The largest absolute Gasteiger partial charge is 0.346 e. The summed E-state index contributed by atoms with van der Waals surface area (Å²) in [6.45, 7) is 0.794. The standard InChI is InChI=1S/C23H24N4OS/c28-22(15-21(17-10-14-29-16-17)26-11-5-6-12-26)27-13-4-3-9-20(27)23-24-18-7-1-2-8-19(18)25-23/h1-2,5-8,10-12,14,16,20-21H,3-4,9,13,15H2,(H,24,25)/t20-,21-/m0/s1. The number of piperidine rings is 1. The van der Waals surface area contributed by atoms with Crippen molar-refractivity contribution >= 4 is 28.3 Å². The molecule has 0 aliphatic carbocycles. The SMILES string of the molecule is O=C(C[C@@H](c1ccsc1)n1cccc1)N1CCCC[C@H]1c1nc2ccccc2[nH]1. The number of thiophene rings is 1. The second kappa shape index (κ2) is 7.87. The predicted octanol–water partition coefficient (Wildman–Crippen LogP) is 5.16. The minimum Gasteiger partial charge on any atom is -0.346 e. The monoisotopic (exact) mass is 404 g/mol. The number of hydrogen-bond donors (Lipinski definition) is 1. The first-order valence-electron chi connectivity index (χ1n) is 10.2. The zero-order valence-corrected chi connectivity index (χ0v) is 17.0. The Hall–Kier alpha value is -2.86. The summed E-state index contributed by atoms with van der Waals surface area (Å²) in [6, 6.07) is 14.3. The molecular weight excluding hydrogens is 380 g/mol. The van der Waals surface area contributed by atoms with E-state index in [0.717, 1.165) is 42.7 Å². The van der Waals surface area contributed by atoms with Crippen LogP contribution in [0.1, 0.15) is 49.2 Å². The number of carbonyl (C=O) groups excluding carboxylic acids is 1. The summed E-state index contributed by atoms with van der Waals surface area (Å²) in [6.07, 6.45) is 7.68. The zero-order chi connectivity index (χ0) is 19.6. The molecule has 0 unspecified atom stereocenters. The number of rotatable bonds is 5. The summed E-state index contributed by atoms with van der Waals surface area (Å²) in [5, 5.41) is 4.22. The number of likely N-dealkylation sites (tertiary alicyclic amines) is 1. The van der Waals surface area contributed by atoms with Gasteiger partial charge in [0.1, 0.15) is 5.82 Å². The number of imidazole rings is 1. The number of aromatic nitrogens is 3. The molecule has 3 aromatic heterocycles. The van der Waals surface area contributed by atoms with Crippen LogP contribution in [0, 0.1) is 0 Å². The number of para-hydroxylation sites is 2. The van der Waals surface area contributed by atoms with Crippen molar-refractivity contribution in [3.8, 4) is 0 Å². The second-order valence-electron chi connectivity index (χ2n) is 7.64. The number of fused-ring (bicyclic) bond motifs is 1. The Morgan fingerprint density at radius 2 is 2.03 bits per heavy atom. The van der Waals surface area contributed by atoms with E-state index in [-0.39, 0.29) is 18.0 Å². The summed E-state index contributed by atoms with van der Waals surface area (Å²) in [7, 11) is 0. The lowest BCUT2D eigenvalue weighted by Gasteiger charge is -2.35. The maximum Gasteiger partial charge on any atom is 0.225 e. The number of amides is 1. The molecule has 1 aliphatic heterocycles. The van der Waals surface area contributed by atoms with Gasteiger partial charge in [-0.3, -0.25) is 4.79 Å². The van der Waals surface area contributed by atoms with E-state index in [1.54, 1.807) is 11.3 Å². The van der Waals surface area contributed by atoms with Crippen LogP contribution in [0.25, 0.3) is 11.0 Å². The highest BCUT2D eigenvalue weighted by atomic mass is 32.1. The zero-order valence-electron chi connectivity index (χ0n) is 16.2. The Balaban J connectivity index is 1.42. The molecule has 29 heavy (non-hydrogen) atoms. The van der Waals surface area contributed by atoms with E-state index in [2.05, 4.69) is 26.4 Å². The van der Waals surface area contributed by atoms with Crippen molar-refractivity contribution < 1.29 is 4.79 Å². The van der Waals surface area contributed by atoms with E-state index >= 15 is 0 Å². The molecule has 1 saturated heterocycles. The molecule has 1 aliphatic rings. The summed E-state index contributed by atoms with van der Waals surface area (Å²) in [4.78, 5) is 23.8. The van der Waals surface area contributed by atoms with Gasteiger partial charge in [0.15, 0.2) is 0 Å². The van der Waals surface area contributed by atoms with Gasteiger partial charge in [-0.15, -0.1) is 0 Å². The molecule has 0 saturated carbocycles. The quantitative estimate of drug-likeness (QED) is 0.499. The Bertz CT molecular complexity index is 1020. The van der Waals surface area contributed by atoms with E-state index < -0.39 is 0 Å². The third kappa shape index (κ3) is 3.60. The molecule has 4 heterocycles. The lowest BCUT2D eigenvalue weighted by molar-refractivity contribution is -0.135. The van der Waals surface area contributed by atoms with Crippen molar-refractivity contribution in [1.82, 2.24) is 19.4 Å². The third-order valence-corrected chi connectivity index (χ3v) is 6.53. The minimum absolute atomic E-state index is 0.0245. The van der Waals surface area contributed by atoms with Crippen LogP contribution in [0.2, 0.25) is 0 Å². The minimum atomic E-state index is 0.0245. The van der Waals surface area contributed by atoms with Crippen LogP contribution in [-0.4, -0.2) is 31.9 Å².